The smallest absolute Gasteiger partial charge is 0.121 e. The Hall–Kier alpha value is -1.18. The van der Waals surface area contributed by atoms with Crippen LogP contribution in [-0.4, -0.2) is 13.2 Å². The summed E-state index contributed by atoms with van der Waals surface area (Å²) in [4.78, 5) is 0. The van der Waals surface area contributed by atoms with Gasteiger partial charge in [-0.15, -0.1) is 0 Å². The van der Waals surface area contributed by atoms with Crippen molar-refractivity contribution in [3.05, 3.63) is 23.8 Å². The average Bonchev–Trinajstić information content (AvgIpc) is 2.14. The molecule has 0 amide bonds. The van der Waals surface area contributed by atoms with Crippen molar-refractivity contribution in [2.24, 2.45) is 5.92 Å². The Kier molecular flexibility index (Phi) is 4.66. The lowest BCUT2D eigenvalue weighted by molar-refractivity contribution is 0.414. The highest BCUT2D eigenvalue weighted by molar-refractivity contribution is 5.51. The summed E-state index contributed by atoms with van der Waals surface area (Å²) in [6, 6.07) is 6.82. The third-order valence-corrected chi connectivity index (χ3v) is 2.30. The fraction of sp³-hybridized carbons (Fsp3) is 0.571. The molecule has 0 aliphatic carbocycles. The summed E-state index contributed by atoms with van der Waals surface area (Å²) in [5.74, 6) is 1.60. The molecule has 0 aromatic heterocycles. The molecule has 1 aromatic rings. The molecule has 0 atom stereocenters. The highest BCUT2D eigenvalue weighted by atomic mass is 16.5. The van der Waals surface area contributed by atoms with E-state index in [9.17, 15) is 0 Å². The van der Waals surface area contributed by atoms with Crippen molar-refractivity contribution in [2.45, 2.75) is 40.2 Å². The SMILES string of the molecule is COc1cc(CC(C)C)cc(NC(C)C)c1. The van der Waals surface area contributed by atoms with Crippen LogP contribution in [0.5, 0.6) is 5.75 Å². The molecule has 0 spiro atoms. The van der Waals surface area contributed by atoms with E-state index in [0.717, 1.165) is 17.9 Å². The van der Waals surface area contributed by atoms with Crippen LogP contribution >= 0.6 is 0 Å². The van der Waals surface area contributed by atoms with Crippen LogP contribution in [0.15, 0.2) is 18.2 Å². The molecule has 0 saturated heterocycles. The first-order valence-corrected chi connectivity index (χ1v) is 5.95. The summed E-state index contributed by atoms with van der Waals surface area (Å²) < 4.78 is 5.32. The summed E-state index contributed by atoms with van der Waals surface area (Å²) in [5, 5.41) is 3.41. The Bertz CT molecular complexity index is 303. The predicted octanol–water partition coefficient (Wildman–Crippen LogP) is 3.71. The van der Waals surface area contributed by atoms with Crippen LogP contribution < -0.4 is 10.1 Å². The van der Waals surface area contributed by atoms with Gasteiger partial charge in [0.05, 0.1) is 7.11 Å². The first-order valence-electron chi connectivity index (χ1n) is 5.95. The number of anilines is 1. The highest BCUT2D eigenvalue weighted by Gasteiger charge is 2.04. The maximum Gasteiger partial charge on any atom is 0.121 e. The first-order chi connectivity index (χ1) is 7.51. The molecule has 0 bridgehead atoms. The number of hydrogen-bond acceptors (Lipinski definition) is 2. The van der Waals surface area contributed by atoms with E-state index in [2.05, 4.69) is 45.1 Å². The van der Waals surface area contributed by atoms with Crippen LogP contribution in [0.2, 0.25) is 0 Å². The zero-order chi connectivity index (χ0) is 12.1. The van der Waals surface area contributed by atoms with Crippen molar-refractivity contribution in [1.29, 1.82) is 0 Å². The van der Waals surface area contributed by atoms with Crippen molar-refractivity contribution < 1.29 is 4.74 Å². The van der Waals surface area contributed by atoms with Crippen LogP contribution in [-0.2, 0) is 6.42 Å². The van der Waals surface area contributed by atoms with E-state index in [0.29, 0.717) is 12.0 Å². The lowest BCUT2D eigenvalue weighted by Crippen LogP contribution is -2.10. The van der Waals surface area contributed by atoms with Crippen LogP contribution in [0.1, 0.15) is 33.3 Å². The number of benzene rings is 1. The normalized spacial score (nSPS) is 10.9. The van der Waals surface area contributed by atoms with Crippen LogP contribution in [0, 0.1) is 5.92 Å². The predicted molar refractivity (Wildman–Crippen MR) is 70.3 cm³/mol. The van der Waals surface area contributed by atoms with Gasteiger partial charge in [-0.25, -0.2) is 0 Å². The van der Waals surface area contributed by atoms with Gasteiger partial charge >= 0.3 is 0 Å². The molecule has 1 N–H and O–H groups in total. The zero-order valence-electron chi connectivity index (χ0n) is 11.0. The van der Waals surface area contributed by atoms with Gasteiger partial charge < -0.3 is 10.1 Å². The minimum absolute atomic E-state index is 0.444. The fourth-order valence-electron chi connectivity index (χ4n) is 1.78. The van der Waals surface area contributed by atoms with Crippen molar-refractivity contribution in [2.75, 3.05) is 12.4 Å². The van der Waals surface area contributed by atoms with E-state index in [1.807, 2.05) is 6.07 Å². The summed E-state index contributed by atoms with van der Waals surface area (Å²) in [6.07, 6.45) is 1.09. The van der Waals surface area contributed by atoms with Gasteiger partial charge in [-0.2, -0.15) is 0 Å². The molecule has 0 aliphatic rings. The Morgan fingerprint density at radius 2 is 1.81 bits per heavy atom. The molecule has 16 heavy (non-hydrogen) atoms. The van der Waals surface area contributed by atoms with Gasteiger partial charge in [0.2, 0.25) is 0 Å². The molecule has 1 rings (SSSR count). The Morgan fingerprint density at radius 3 is 2.31 bits per heavy atom. The molecule has 1 aromatic carbocycles. The zero-order valence-corrected chi connectivity index (χ0v) is 11.0. The molecule has 90 valence electrons. The van der Waals surface area contributed by atoms with E-state index >= 15 is 0 Å². The standard InChI is InChI=1S/C14H23NO/c1-10(2)6-12-7-13(15-11(3)4)9-14(8-12)16-5/h7-11,15H,6H2,1-5H3. The van der Waals surface area contributed by atoms with Crippen LogP contribution in [0.3, 0.4) is 0 Å². The Morgan fingerprint density at radius 1 is 1.12 bits per heavy atom. The van der Waals surface area contributed by atoms with Gasteiger partial charge in [0, 0.05) is 17.8 Å². The first kappa shape index (κ1) is 12.9. The summed E-state index contributed by atoms with van der Waals surface area (Å²) in [7, 11) is 1.72. The van der Waals surface area contributed by atoms with Crippen molar-refractivity contribution in [3.8, 4) is 5.75 Å². The molecule has 2 nitrogen and oxygen atoms in total. The van der Waals surface area contributed by atoms with Crippen molar-refractivity contribution in [1.82, 2.24) is 0 Å². The Balaban J connectivity index is 2.91. The van der Waals surface area contributed by atoms with Crippen LogP contribution in [0.4, 0.5) is 5.69 Å². The van der Waals surface area contributed by atoms with Crippen LogP contribution in [0.25, 0.3) is 0 Å². The quantitative estimate of drug-likeness (QED) is 0.818. The molecule has 2 heteroatoms. The minimum atomic E-state index is 0.444. The van der Waals surface area contributed by atoms with Gasteiger partial charge in [0.25, 0.3) is 0 Å². The second-order valence-corrected chi connectivity index (χ2v) is 4.97. The largest absolute Gasteiger partial charge is 0.497 e. The van der Waals surface area contributed by atoms with E-state index in [-0.39, 0.29) is 0 Å². The van der Waals surface area contributed by atoms with Gasteiger partial charge in [-0.1, -0.05) is 13.8 Å². The topological polar surface area (TPSA) is 21.3 Å². The maximum absolute atomic E-state index is 5.32. The molecule has 0 fully saturated rings. The fourth-order valence-corrected chi connectivity index (χ4v) is 1.78. The summed E-state index contributed by atoms with van der Waals surface area (Å²) in [6.45, 7) is 8.74. The Labute approximate surface area is 99.0 Å². The molecule has 0 saturated carbocycles. The monoisotopic (exact) mass is 221 g/mol. The number of rotatable bonds is 5. The van der Waals surface area contributed by atoms with E-state index in [1.165, 1.54) is 5.56 Å². The summed E-state index contributed by atoms with van der Waals surface area (Å²) >= 11 is 0. The van der Waals surface area contributed by atoms with Gasteiger partial charge in [0.15, 0.2) is 0 Å². The third-order valence-electron chi connectivity index (χ3n) is 2.30. The minimum Gasteiger partial charge on any atom is -0.497 e. The third kappa shape index (κ3) is 4.13. The lowest BCUT2D eigenvalue weighted by Gasteiger charge is -2.14. The number of hydrogen-bond donors (Lipinski definition) is 1. The van der Waals surface area contributed by atoms with E-state index in [4.69, 9.17) is 4.74 Å². The molecule has 0 unspecified atom stereocenters. The molecule has 0 heterocycles. The molecular formula is C14H23NO. The summed E-state index contributed by atoms with van der Waals surface area (Å²) in [5.41, 5.74) is 2.47. The second kappa shape index (κ2) is 5.78. The highest BCUT2D eigenvalue weighted by Crippen LogP contribution is 2.23. The van der Waals surface area contributed by atoms with Gasteiger partial charge in [-0.05, 0) is 43.9 Å². The maximum atomic E-state index is 5.32. The molecule has 0 radical (unpaired) electrons. The lowest BCUT2D eigenvalue weighted by atomic mass is 10.0. The van der Waals surface area contributed by atoms with E-state index in [1.54, 1.807) is 7.11 Å². The number of nitrogens with one attached hydrogen (secondary N) is 1. The molecular weight excluding hydrogens is 198 g/mol. The average molecular weight is 221 g/mol. The van der Waals surface area contributed by atoms with Gasteiger partial charge in [-0.3, -0.25) is 0 Å². The molecule has 0 aliphatic heterocycles. The second-order valence-electron chi connectivity index (χ2n) is 4.97. The van der Waals surface area contributed by atoms with Crippen molar-refractivity contribution in [3.63, 3.8) is 0 Å². The van der Waals surface area contributed by atoms with Crippen molar-refractivity contribution >= 4 is 5.69 Å². The van der Waals surface area contributed by atoms with E-state index < -0.39 is 0 Å². The number of ether oxygens (including phenoxy) is 1. The number of methoxy groups -OCH3 is 1. The van der Waals surface area contributed by atoms with Gasteiger partial charge in [0.1, 0.15) is 5.75 Å².